The number of nitrogens with zero attached hydrogens (tertiary/aromatic N) is 7. The molecule has 33 heavy (non-hydrogen) atoms. The molecule has 6 rings (SSSR count). The van der Waals surface area contributed by atoms with Gasteiger partial charge in [0.1, 0.15) is 29.1 Å². The van der Waals surface area contributed by atoms with Crippen LogP contribution in [-0.4, -0.2) is 40.4 Å². The maximum absolute atomic E-state index is 13.4. The Hall–Kier alpha value is -3.95. The molecule has 1 saturated carbocycles. The number of amides is 1. The molecule has 3 N–H and O–H groups in total. The molecule has 1 amide bonds. The number of aromatic nitrogens is 7. The van der Waals surface area contributed by atoms with E-state index < -0.39 is 5.41 Å². The highest BCUT2D eigenvalue weighted by Crippen LogP contribution is 2.57. The Morgan fingerprint density at radius 2 is 2.09 bits per heavy atom. The minimum absolute atomic E-state index is 0.121. The quantitative estimate of drug-likeness (QED) is 0.466. The molecule has 1 aliphatic carbocycles. The van der Waals surface area contributed by atoms with E-state index in [4.69, 9.17) is 15.7 Å². The number of rotatable bonds is 6. The van der Waals surface area contributed by atoms with Crippen LogP contribution >= 0.6 is 0 Å². The van der Waals surface area contributed by atoms with Gasteiger partial charge in [0, 0.05) is 6.20 Å². The summed E-state index contributed by atoms with van der Waals surface area (Å²) in [5.74, 6) is 1.00. The number of anilines is 2. The number of pyridine rings is 1. The van der Waals surface area contributed by atoms with Crippen molar-refractivity contribution in [1.82, 2.24) is 34.5 Å². The lowest BCUT2D eigenvalue weighted by molar-refractivity contribution is -0.120. The van der Waals surface area contributed by atoms with Gasteiger partial charge >= 0.3 is 0 Å². The predicted octanol–water partition coefficient (Wildman–Crippen LogP) is 2.55. The summed E-state index contributed by atoms with van der Waals surface area (Å²) in [5, 5.41) is 7.24. The fraction of sp³-hybridized carbons (Fsp3) is 0.348. The van der Waals surface area contributed by atoms with Gasteiger partial charge in [-0.2, -0.15) is 5.10 Å². The van der Waals surface area contributed by atoms with E-state index in [1.54, 1.807) is 16.9 Å². The number of unbranched alkanes of at least 4 members (excludes halogenated alkanes) is 1. The minimum Gasteiger partial charge on any atom is -0.383 e. The maximum Gasteiger partial charge on any atom is 0.242 e. The SMILES string of the molecule is CCCCc1nc(-c2nc(N)c3c(n2)NC(=O)C3(c2ccccn2)C2CC2)cn2ncnc12. The average Bonchev–Trinajstić information content (AvgIpc) is 3.47. The lowest BCUT2D eigenvalue weighted by Gasteiger charge is -2.27. The standard InChI is InChI=1S/C23H23N9O/c1-2-3-6-14-21-26-12-27-32(21)11-15(28-14)19-29-18(24)17-20(30-19)31-22(33)23(17,13-8-9-13)16-7-4-5-10-25-16/h4-5,7,10-13H,2-3,6,8-9H2,1H3,(H3,24,29,30,31,33). The van der Waals surface area contributed by atoms with Crippen LogP contribution in [0.2, 0.25) is 0 Å². The molecule has 2 aliphatic rings. The summed E-state index contributed by atoms with van der Waals surface area (Å²) in [6.07, 6.45) is 9.59. The van der Waals surface area contributed by atoms with E-state index in [-0.39, 0.29) is 17.6 Å². The monoisotopic (exact) mass is 441 g/mol. The number of carbonyl (C=O) groups is 1. The Balaban J connectivity index is 1.51. The number of aryl methyl sites for hydroxylation is 1. The van der Waals surface area contributed by atoms with E-state index in [0.717, 1.165) is 43.4 Å². The zero-order chi connectivity index (χ0) is 22.6. The molecule has 1 unspecified atom stereocenters. The van der Waals surface area contributed by atoms with Gasteiger partial charge < -0.3 is 11.1 Å². The second-order valence-corrected chi connectivity index (χ2v) is 8.61. The van der Waals surface area contributed by atoms with Crippen LogP contribution < -0.4 is 11.1 Å². The number of nitrogens with one attached hydrogen (secondary N) is 1. The molecule has 4 aromatic rings. The van der Waals surface area contributed by atoms with E-state index in [1.807, 2.05) is 18.2 Å². The molecule has 0 radical (unpaired) electrons. The van der Waals surface area contributed by atoms with E-state index in [0.29, 0.717) is 28.6 Å². The third-order valence-corrected chi connectivity index (χ3v) is 6.51. The number of nitrogens with two attached hydrogens (primary N) is 1. The highest BCUT2D eigenvalue weighted by atomic mass is 16.2. The van der Waals surface area contributed by atoms with Crippen LogP contribution in [0.15, 0.2) is 36.9 Å². The van der Waals surface area contributed by atoms with E-state index in [9.17, 15) is 4.79 Å². The molecular weight excluding hydrogens is 418 g/mol. The predicted molar refractivity (Wildman–Crippen MR) is 121 cm³/mol. The first-order chi connectivity index (χ1) is 16.1. The fourth-order valence-corrected chi connectivity index (χ4v) is 4.86. The van der Waals surface area contributed by atoms with Crippen molar-refractivity contribution < 1.29 is 4.79 Å². The largest absolute Gasteiger partial charge is 0.383 e. The Morgan fingerprint density at radius 1 is 1.21 bits per heavy atom. The molecule has 10 heteroatoms. The normalized spacial score (nSPS) is 19.6. The van der Waals surface area contributed by atoms with E-state index >= 15 is 0 Å². The number of carbonyl (C=O) groups excluding carboxylic acids is 1. The summed E-state index contributed by atoms with van der Waals surface area (Å²) in [6.45, 7) is 2.13. The lowest BCUT2D eigenvalue weighted by atomic mass is 9.74. The van der Waals surface area contributed by atoms with Gasteiger partial charge in [-0.3, -0.25) is 9.78 Å². The van der Waals surface area contributed by atoms with Crippen LogP contribution in [0.25, 0.3) is 17.2 Å². The minimum atomic E-state index is -0.964. The Kier molecular flexibility index (Phi) is 4.36. The molecule has 0 aromatic carbocycles. The molecule has 10 nitrogen and oxygen atoms in total. The number of hydrogen-bond acceptors (Lipinski definition) is 8. The summed E-state index contributed by atoms with van der Waals surface area (Å²) >= 11 is 0. The molecule has 1 aliphatic heterocycles. The summed E-state index contributed by atoms with van der Waals surface area (Å²) in [7, 11) is 0. The van der Waals surface area contributed by atoms with Crippen molar-refractivity contribution in [2.75, 3.05) is 11.1 Å². The molecule has 1 fully saturated rings. The first-order valence-electron chi connectivity index (χ1n) is 11.2. The van der Waals surface area contributed by atoms with Crippen molar-refractivity contribution in [3.63, 3.8) is 0 Å². The first kappa shape index (κ1) is 19.7. The van der Waals surface area contributed by atoms with Crippen LogP contribution in [0.1, 0.15) is 49.6 Å². The zero-order valence-corrected chi connectivity index (χ0v) is 18.2. The summed E-state index contributed by atoms with van der Waals surface area (Å²) in [4.78, 5) is 36.4. The molecular formula is C23H23N9O. The smallest absolute Gasteiger partial charge is 0.242 e. The second kappa shape index (κ2) is 7.29. The fourth-order valence-electron chi connectivity index (χ4n) is 4.86. The van der Waals surface area contributed by atoms with Gasteiger partial charge in [-0.1, -0.05) is 19.4 Å². The van der Waals surface area contributed by atoms with Gasteiger partial charge in [0.05, 0.1) is 23.1 Å². The zero-order valence-electron chi connectivity index (χ0n) is 18.2. The highest BCUT2D eigenvalue weighted by Gasteiger charge is 2.60. The van der Waals surface area contributed by atoms with Crippen LogP contribution in [0.4, 0.5) is 11.6 Å². The molecule has 5 heterocycles. The van der Waals surface area contributed by atoms with Crippen molar-refractivity contribution in [1.29, 1.82) is 0 Å². The van der Waals surface area contributed by atoms with Crippen LogP contribution in [0.3, 0.4) is 0 Å². The van der Waals surface area contributed by atoms with Crippen LogP contribution in [0.5, 0.6) is 0 Å². The Morgan fingerprint density at radius 3 is 2.85 bits per heavy atom. The molecule has 0 spiro atoms. The van der Waals surface area contributed by atoms with Gasteiger partial charge in [-0.25, -0.2) is 24.5 Å². The van der Waals surface area contributed by atoms with Crippen molar-refractivity contribution in [3.8, 4) is 11.5 Å². The number of nitrogen functional groups attached to an aromatic ring is 1. The van der Waals surface area contributed by atoms with Crippen LogP contribution in [0, 0.1) is 5.92 Å². The van der Waals surface area contributed by atoms with Gasteiger partial charge in [-0.15, -0.1) is 0 Å². The Labute approximate surface area is 189 Å². The van der Waals surface area contributed by atoms with Crippen molar-refractivity contribution in [2.24, 2.45) is 5.92 Å². The third kappa shape index (κ3) is 2.90. The average molecular weight is 441 g/mol. The third-order valence-electron chi connectivity index (χ3n) is 6.51. The van der Waals surface area contributed by atoms with Gasteiger partial charge in [0.25, 0.3) is 0 Å². The summed E-state index contributed by atoms with van der Waals surface area (Å²) in [5.41, 5.74) is 8.94. The number of hydrogen-bond donors (Lipinski definition) is 2. The first-order valence-corrected chi connectivity index (χ1v) is 11.2. The summed E-state index contributed by atoms with van der Waals surface area (Å²) in [6, 6.07) is 5.60. The van der Waals surface area contributed by atoms with Gasteiger partial charge in [0.15, 0.2) is 11.5 Å². The van der Waals surface area contributed by atoms with Crippen molar-refractivity contribution in [2.45, 2.75) is 44.4 Å². The molecule has 4 aromatic heterocycles. The maximum atomic E-state index is 13.4. The van der Waals surface area contributed by atoms with Gasteiger partial charge in [0.2, 0.25) is 5.91 Å². The molecule has 1 atom stereocenters. The van der Waals surface area contributed by atoms with E-state index in [2.05, 4.69) is 32.3 Å². The van der Waals surface area contributed by atoms with E-state index in [1.165, 1.54) is 6.33 Å². The van der Waals surface area contributed by atoms with Gasteiger partial charge in [-0.05, 0) is 43.7 Å². The van der Waals surface area contributed by atoms with Crippen LogP contribution in [-0.2, 0) is 16.6 Å². The number of fused-ring (bicyclic) bond motifs is 2. The molecule has 166 valence electrons. The molecule has 0 bridgehead atoms. The second-order valence-electron chi connectivity index (χ2n) is 8.61. The summed E-state index contributed by atoms with van der Waals surface area (Å²) < 4.78 is 1.68. The highest BCUT2D eigenvalue weighted by molar-refractivity contribution is 6.09. The Bertz CT molecular complexity index is 1380. The van der Waals surface area contributed by atoms with Crippen molar-refractivity contribution in [3.05, 3.63) is 53.9 Å². The topological polar surface area (TPSA) is 137 Å². The van der Waals surface area contributed by atoms with Crippen molar-refractivity contribution >= 4 is 23.2 Å². The lowest BCUT2D eigenvalue weighted by Crippen LogP contribution is -2.39. The molecule has 0 saturated heterocycles.